The van der Waals surface area contributed by atoms with Crippen LogP contribution in [0.5, 0.6) is 0 Å². The fourth-order valence-corrected chi connectivity index (χ4v) is 3.04. The van der Waals surface area contributed by atoms with Crippen LogP contribution in [-0.4, -0.2) is 59.8 Å². The smallest absolute Gasteiger partial charge is 0.292 e. The maximum absolute atomic E-state index is 12.5. The number of nitro benzene ring substituents is 1. The van der Waals surface area contributed by atoms with Gasteiger partial charge in [-0.05, 0) is 38.9 Å². The molecule has 1 atom stereocenters. The van der Waals surface area contributed by atoms with Gasteiger partial charge in [-0.15, -0.1) is 0 Å². The number of nitro groups is 1. The maximum atomic E-state index is 12.5. The topological polar surface area (TPSA) is 95.8 Å². The third kappa shape index (κ3) is 4.54. The number of piperidine rings is 1. The number of hydrogen-bond donors (Lipinski definition) is 1. The van der Waals surface area contributed by atoms with Crippen molar-refractivity contribution in [2.45, 2.75) is 25.8 Å². The number of carbonyl (C=O) groups is 2. The quantitative estimate of drug-likeness (QED) is 0.646. The van der Waals surface area contributed by atoms with Crippen molar-refractivity contribution in [3.8, 4) is 0 Å². The van der Waals surface area contributed by atoms with Gasteiger partial charge in [-0.3, -0.25) is 24.6 Å². The number of para-hydroxylation sites is 2. The van der Waals surface area contributed by atoms with Crippen LogP contribution in [0, 0.1) is 16.0 Å². The summed E-state index contributed by atoms with van der Waals surface area (Å²) in [5.41, 5.74) is 0.0698. The lowest BCUT2D eigenvalue weighted by molar-refractivity contribution is -0.383. The molecule has 1 N–H and O–H groups in total. The first-order valence-electron chi connectivity index (χ1n) is 8.30. The minimum absolute atomic E-state index is 0.00304. The largest absolute Gasteiger partial charge is 0.349 e. The summed E-state index contributed by atoms with van der Waals surface area (Å²) in [6, 6.07) is 5.66. The fourth-order valence-electron chi connectivity index (χ4n) is 3.04. The van der Waals surface area contributed by atoms with E-state index in [9.17, 15) is 19.7 Å². The van der Waals surface area contributed by atoms with E-state index in [-0.39, 0.29) is 29.1 Å². The molecule has 1 heterocycles. The maximum Gasteiger partial charge on any atom is 0.292 e. The third-order valence-corrected chi connectivity index (χ3v) is 4.61. The summed E-state index contributed by atoms with van der Waals surface area (Å²) in [6.45, 7) is 3.07. The Labute approximate surface area is 146 Å². The van der Waals surface area contributed by atoms with E-state index >= 15 is 0 Å². The number of amides is 2. The summed E-state index contributed by atoms with van der Waals surface area (Å²) >= 11 is 0. The Balaban J connectivity index is 1.96. The van der Waals surface area contributed by atoms with Gasteiger partial charge in [-0.2, -0.15) is 0 Å². The first kappa shape index (κ1) is 18.9. The van der Waals surface area contributed by atoms with Crippen molar-refractivity contribution < 1.29 is 14.5 Å². The van der Waals surface area contributed by atoms with E-state index in [4.69, 9.17) is 0 Å². The van der Waals surface area contributed by atoms with Gasteiger partial charge in [0.2, 0.25) is 11.8 Å². The van der Waals surface area contributed by atoms with Crippen LogP contribution in [0.15, 0.2) is 24.3 Å². The van der Waals surface area contributed by atoms with E-state index in [0.29, 0.717) is 25.9 Å². The van der Waals surface area contributed by atoms with Crippen molar-refractivity contribution in [1.29, 1.82) is 0 Å². The summed E-state index contributed by atoms with van der Waals surface area (Å²) in [6.07, 6.45) is 1.42. The average molecular weight is 348 g/mol. The predicted molar refractivity (Wildman–Crippen MR) is 94.2 cm³/mol. The van der Waals surface area contributed by atoms with Gasteiger partial charge in [0.05, 0.1) is 11.0 Å². The van der Waals surface area contributed by atoms with Gasteiger partial charge in [0.25, 0.3) is 5.69 Å². The minimum Gasteiger partial charge on any atom is -0.349 e. The van der Waals surface area contributed by atoms with Crippen molar-refractivity contribution in [3.63, 3.8) is 0 Å². The molecular formula is C17H24N4O4. The van der Waals surface area contributed by atoms with Crippen LogP contribution < -0.4 is 5.32 Å². The number of nitrogens with one attached hydrogen (secondary N) is 1. The Morgan fingerprint density at radius 1 is 1.28 bits per heavy atom. The highest BCUT2D eigenvalue weighted by atomic mass is 16.6. The number of anilines is 1. The second kappa shape index (κ2) is 8.06. The molecule has 0 radical (unpaired) electrons. The molecule has 0 saturated carbocycles. The highest BCUT2D eigenvalue weighted by Crippen LogP contribution is 2.25. The van der Waals surface area contributed by atoms with Crippen molar-refractivity contribution in [1.82, 2.24) is 9.80 Å². The fraction of sp³-hybridized carbons (Fsp3) is 0.529. The lowest BCUT2D eigenvalue weighted by Gasteiger charge is -2.35. The SMILES string of the molecule is C[C@@H](C(=O)Nc1ccccc1[N+](=O)[O-])N1CCC(C(=O)N(C)C)CC1. The minimum atomic E-state index is -0.515. The lowest BCUT2D eigenvalue weighted by Crippen LogP contribution is -2.48. The molecule has 25 heavy (non-hydrogen) atoms. The van der Waals surface area contributed by atoms with Crippen LogP contribution in [-0.2, 0) is 9.59 Å². The van der Waals surface area contributed by atoms with Crippen LogP contribution >= 0.6 is 0 Å². The van der Waals surface area contributed by atoms with Crippen LogP contribution in [0.2, 0.25) is 0 Å². The summed E-state index contributed by atoms with van der Waals surface area (Å²) in [7, 11) is 3.50. The number of hydrogen-bond acceptors (Lipinski definition) is 5. The highest BCUT2D eigenvalue weighted by molar-refractivity contribution is 5.96. The number of nitrogens with zero attached hydrogens (tertiary/aromatic N) is 3. The molecule has 0 bridgehead atoms. The van der Waals surface area contributed by atoms with Gasteiger partial charge < -0.3 is 10.2 Å². The summed E-state index contributed by atoms with van der Waals surface area (Å²) in [5, 5.41) is 13.7. The standard InChI is InChI=1S/C17H24N4O4/c1-12(20-10-8-13(9-11-20)17(23)19(2)3)16(22)18-14-6-4-5-7-15(14)21(24)25/h4-7,12-13H,8-11H2,1-3H3,(H,18,22)/t12-/m0/s1. The summed E-state index contributed by atoms with van der Waals surface area (Å²) in [5.74, 6) is -0.167. The first-order chi connectivity index (χ1) is 11.8. The molecule has 0 aromatic heterocycles. The Morgan fingerprint density at radius 3 is 2.44 bits per heavy atom. The molecule has 1 aliphatic heterocycles. The molecule has 1 aromatic carbocycles. The molecule has 1 aromatic rings. The van der Waals surface area contributed by atoms with Crippen LogP contribution in [0.1, 0.15) is 19.8 Å². The van der Waals surface area contributed by atoms with Crippen molar-refractivity contribution in [2.75, 3.05) is 32.5 Å². The van der Waals surface area contributed by atoms with Gasteiger partial charge in [0.1, 0.15) is 5.69 Å². The van der Waals surface area contributed by atoms with Crippen LogP contribution in [0.25, 0.3) is 0 Å². The summed E-state index contributed by atoms with van der Waals surface area (Å²) < 4.78 is 0. The molecule has 8 nitrogen and oxygen atoms in total. The molecular weight excluding hydrogens is 324 g/mol. The zero-order valence-electron chi connectivity index (χ0n) is 14.8. The van der Waals surface area contributed by atoms with Gasteiger partial charge in [0, 0.05) is 26.1 Å². The molecule has 1 aliphatic rings. The monoisotopic (exact) mass is 348 g/mol. The molecule has 1 saturated heterocycles. The molecule has 8 heteroatoms. The average Bonchev–Trinajstić information content (AvgIpc) is 2.60. The molecule has 1 fully saturated rings. The van der Waals surface area contributed by atoms with E-state index in [1.165, 1.54) is 12.1 Å². The van der Waals surface area contributed by atoms with E-state index < -0.39 is 11.0 Å². The third-order valence-electron chi connectivity index (χ3n) is 4.61. The van der Waals surface area contributed by atoms with Crippen LogP contribution in [0.3, 0.4) is 0 Å². The van der Waals surface area contributed by atoms with E-state index in [1.54, 1.807) is 38.1 Å². The van der Waals surface area contributed by atoms with E-state index in [1.807, 2.05) is 4.90 Å². The Bertz CT molecular complexity index is 654. The Hall–Kier alpha value is -2.48. The first-order valence-corrected chi connectivity index (χ1v) is 8.30. The zero-order chi connectivity index (χ0) is 18.6. The number of likely N-dealkylation sites (tertiary alicyclic amines) is 1. The van der Waals surface area contributed by atoms with Gasteiger partial charge in [-0.1, -0.05) is 12.1 Å². The zero-order valence-corrected chi connectivity index (χ0v) is 14.8. The van der Waals surface area contributed by atoms with E-state index in [0.717, 1.165) is 0 Å². The number of carbonyl (C=O) groups excluding carboxylic acids is 2. The molecule has 0 aliphatic carbocycles. The Kier molecular flexibility index (Phi) is 6.08. The van der Waals surface area contributed by atoms with Gasteiger partial charge in [0.15, 0.2) is 0 Å². The second-order valence-corrected chi connectivity index (χ2v) is 6.48. The summed E-state index contributed by atoms with van der Waals surface area (Å²) in [4.78, 5) is 38.6. The molecule has 2 amide bonds. The van der Waals surface area contributed by atoms with Crippen molar-refractivity contribution in [2.24, 2.45) is 5.92 Å². The van der Waals surface area contributed by atoms with E-state index in [2.05, 4.69) is 5.32 Å². The van der Waals surface area contributed by atoms with Crippen molar-refractivity contribution in [3.05, 3.63) is 34.4 Å². The number of rotatable bonds is 5. The Morgan fingerprint density at radius 2 is 1.88 bits per heavy atom. The van der Waals surface area contributed by atoms with Crippen molar-refractivity contribution >= 4 is 23.2 Å². The predicted octanol–water partition coefficient (Wildman–Crippen LogP) is 1.72. The lowest BCUT2D eigenvalue weighted by atomic mass is 9.94. The second-order valence-electron chi connectivity index (χ2n) is 6.48. The molecule has 0 unspecified atom stereocenters. The van der Waals surface area contributed by atoms with Gasteiger partial charge in [-0.25, -0.2) is 0 Å². The molecule has 136 valence electrons. The normalized spacial score (nSPS) is 16.9. The molecule has 2 rings (SSSR count). The van der Waals surface area contributed by atoms with Crippen LogP contribution in [0.4, 0.5) is 11.4 Å². The molecule has 0 spiro atoms. The number of benzene rings is 1. The van der Waals surface area contributed by atoms with Gasteiger partial charge >= 0.3 is 0 Å². The highest BCUT2D eigenvalue weighted by Gasteiger charge is 2.30.